The zero-order chi connectivity index (χ0) is 28.4. The van der Waals surface area contributed by atoms with Crippen LogP contribution >= 0.6 is 23.4 Å². The van der Waals surface area contributed by atoms with Gasteiger partial charge in [0.2, 0.25) is 5.91 Å². The number of allylic oxidation sites excluding steroid dienone is 2. The molecule has 9 heteroatoms. The Morgan fingerprint density at radius 1 is 1.00 bits per heavy atom. The van der Waals surface area contributed by atoms with Crippen LogP contribution in [-0.2, 0) is 15.0 Å². The van der Waals surface area contributed by atoms with Gasteiger partial charge in [-0.15, -0.1) is 11.8 Å². The van der Waals surface area contributed by atoms with Crippen molar-refractivity contribution in [3.63, 3.8) is 0 Å². The molecule has 0 unspecified atom stereocenters. The first-order valence-corrected chi connectivity index (χ1v) is 15.4. The van der Waals surface area contributed by atoms with Crippen molar-refractivity contribution in [3.8, 4) is 0 Å². The van der Waals surface area contributed by atoms with Gasteiger partial charge in [-0.1, -0.05) is 61.2 Å². The molecule has 1 aliphatic heterocycles. The average molecular weight is 582 g/mol. The van der Waals surface area contributed by atoms with Crippen molar-refractivity contribution in [2.75, 3.05) is 58.0 Å². The number of nitrogens with zero attached hydrogens (tertiary/aromatic N) is 4. The Balaban J connectivity index is 1.50. The van der Waals surface area contributed by atoms with Gasteiger partial charge in [-0.3, -0.25) is 15.0 Å². The van der Waals surface area contributed by atoms with Gasteiger partial charge in [0, 0.05) is 43.5 Å². The number of hydrogen-bond donors (Lipinski definition) is 1. The Labute approximate surface area is 247 Å². The van der Waals surface area contributed by atoms with Crippen LogP contribution in [-0.4, -0.2) is 85.7 Å². The molecule has 1 amide bonds. The number of hydrazone groups is 1. The van der Waals surface area contributed by atoms with Crippen molar-refractivity contribution in [3.05, 3.63) is 75.8 Å². The molecule has 2 aliphatic rings. The number of aldehydes is 1. The van der Waals surface area contributed by atoms with Gasteiger partial charge in [0.05, 0.1) is 27.9 Å². The number of amides is 1. The van der Waals surface area contributed by atoms with Crippen LogP contribution in [0, 0.1) is 0 Å². The normalized spacial score (nSPS) is 18.1. The fraction of sp³-hybridized carbons (Fsp3) is 0.452. The number of thioether (sulfide) groups is 1. The number of carbonyl (C=O) groups is 2. The number of carbonyl (C=O) groups excluding carboxylic acids is 2. The fourth-order valence-electron chi connectivity index (χ4n) is 5.49. The average Bonchev–Trinajstić information content (AvgIpc) is 2.99. The van der Waals surface area contributed by atoms with E-state index in [4.69, 9.17) is 11.6 Å². The molecule has 40 heavy (non-hydrogen) atoms. The van der Waals surface area contributed by atoms with Crippen molar-refractivity contribution in [2.45, 2.75) is 37.5 Å². The first kappa shape index (κ1) is 30.2. The Bertz CT molecular complexity index is 1170. The summed E-state index contributed by atoms with van der Waals surface area (Å²) >= 11 is 7.72. The number of para-hydroxylation sites is 1. The van der Waals surface area contributed by atoms with Gasteiger partial charge in [-0.2, -0.15) is 5.10 Å². The summed E-state index contributed by atoms with van der Waals surface area (Å²) in [5.74, 6) is 1.02. The molecule has 1 N–H and O–H groups in total. The monoisotopic (exact) mass is 581 g/mol. The van der Waals surface area contributed by atoms with E-state index in [-0.39, 0.29) is 5.91 Å². The molecule has 2 aromatic rings. The van der Waals surface area contributed by atoms with E-state index in [1.807, 2.05) is 73.6 Å². The molecule has 7 nitrogen and oxygen atoms in total. The minimum absolute atomic E-state index is 0.218. The summed E-state index contributed by atoms with van der Waals surface area (Å²) in [5, 5.41) is 5.15. The summed E-state index contributed by atoms with van der Waals surface area (Å²) in [6.07, 6.45) is 7.69. The van der Waals surface area contributed by atoms with Crippen molar-refractivity contribution in [1.82, 2.24) is 14.7 Å². The zero-order valence-corrected chi connectivity index (χ0v) is 25.1. The first-order valence-electron chi connectivity index (χ1n) is 14.0. The second-order valence-electron chi connectivity index (χ2n) is 10.7. The van der Waals surface area contributed by atoms with Crippen molar-refractivity contribution in [1.29, 1.82) is 0 Å². The van der Waals surface area contributed by atoms with Crippen LogP contribution in [0.5, 0.6) is 0 Å². The molecule has 0 aromatic heterocycles. The van der Waals surface area contributed by atoms with Gasteiger partial charge in [0.15, 0.2) is 6.29 Å². The molecule has 2 fully saturated rings. The van der Waals surface area contributed by atoms with E-state index in [1.165, 1.54) is 6.42 Å². The second-order valence-corrected chi connectivity index (χ2v) is 12.3. The number of anilines is 1. The highest BCUT2D eigenvalue weighted by Crippen LogP contribution is 2.41. The Morgan fingerprint density at radius 3 is 2.27 bits per heavy atom. The highest BCUT2D eigenvalue weighted by molar-refractivity contribution is 8.03. The molecule has 0 spiro atoms. The van der Waals surface area contributed by atoms with Crippen LogP contribution in [0.15, 0.2) is 70.3 Å². The quantitative estimate of drug-likeness (QED) is 0.164. The molecule has 1 saturated heterocycles. The predicted octanol–water partition coefficient (Wildman–Crippen LogP) is 5.49. The molecule has 214 valence electrons. The SMILES string of the molecule is CN(C)CCS/C(C=O)=C(/C=N\Nc1ccccc1)N1CCN(C(=O)C2(c3ccc(Cl)cc3)CCCCC2)CC1. The lowest BCUT2D eigenvalue weighted by Gasteiger charge is -2.44. The number of nitrogens with one attached hydrogen (secondary N) is 1. The van der Waals surface area contributed by atoms with Crippen LogP contribution in [0.1, 0.15) is 37.7 Å². The molecular weight excluding hydrogens is 542 g/mol. The van der Waals surface area contributed by atoms with E-state index < -0.39 is 5.41 Å². The molecule has 0 bridgehead atoms. The number of piperazine rings is 1. The van der Waals surface area contributed by atoms with E-state index in [9.17, 15) is 9.59 Å². The van der Waals surface area contributed by atoms with Crippen LogP contribution in [0.3, 0.4) is 0 Å². The van der Waals surface area contributed by atoms with Crippen molar-refractivity contribution < 1.29 is 9.59 Å². The summed E-state index contributed by atoms with van der Waals surface area (Å²) in [6, 6.07) is 17.6. The third-order valence-corrected chi connectivity index (χ3v) is 8.99. The lowest BCUT2D eigenvalue weighted by molar-refractivity contribution is -0.140. The number of halogens is 1. The fourth-order valence-corrected chi connectivity index (χ4v) is 6.69. The lowest BCUT2D eigenvalue weighted by Crippen LogP contribution is -2.55. The summed E-state index contributed by atoms with van der Waals surface area (Å²) in [4.78, 5) is 33.3. The van der Waals surface area contributed by atoms with E-state index in [0.717, 1.165) is 61.2 Å². The molecule has 4 rings (SSSR count). The van der Waals surface area contributed by atoms with Gasteiger partial charge >= 0.3 is 0 Å². The van der Waals surface area contributed by atoms with Crippen LogP contribution in [0.4, 0.5) is 5.69 Å². The van der Waals surface area contributed by atoms with Gasteiger partial charge < -0.3 is 14.7 Å². The van der Waals surface area contributed by atoms with Gasteiger partial charge in [0.1, 0.15) is 0 Å². The topological polar surface area (TPSA) is 68.2 Å². The lowest BCUT2D eigenvalue weighted by atomic mass is 9.68. The Morgan fingerprint density at radius 2 is 1.65 bits per heavy atom. The predicted molar refractivity (Wildman–Crippen MR) is 167 cm³/mol. The maximum atomic E-state index is 14.1. The standard InChI is InChI=1S/C31H40ClN5O2S/c1-35(2)21-22-40-29(24-38)28(23-33-34-27-9-5-3-6-10-27)36-17-19-37(20-18-36)30(39)31(15-7-4-8-16-31)25-11-13-26(32)14-12-25/h3,5-6,9-14,23-24,34H,4,7-8,15-22H2,1-2H3/b29-28-,33-23-. The largest absolute Gasteiger partial charge is 0.366 e. The maximum absolute atomic E-state index is 14.1. The smallest absolute Gasteiger partial charge is 0.233 e. The summed E-state index contributed by atoms with van der Waals surface area (Å²) in [7, 11) is 4.05. The van der Waals surface area contributed by atoms with Crippen molar-refractivity contribution in [2.24, 2.45) is 5.10 Å². The Hall–Kier alpha value is -2.81. The summed E-state index contributed by atoms with van der Waals surface area (Å²) < 4.78 is 0. The van der Waals surface area contributed by atoms with Crippen molar-refractivity contribution >= 4 is 47.5 Å². The molecule has 1 aliphatic carbocycles. The van der Waals surface area contributed by atoms with Gasteiger partial charge in [0.25, 0.3) is 0 Å². The summed E-state index contributed by atoms with van der Waals surface area (Å²) in [5.41, 5.74) is 5.32. The molecule has 1 saturated carbocycles. The van der Waals surface area contributed by atoms with E-state index in [0.29, 0.717) is 36.1 Å². The van der Waals surface area contributed by atoms with Crippen LogP contribution in [0.2, 0.25) is 5.02 Å². The number of rotatable bonds is 11. The summed E-state index contributed by atoms with van der Waals surface area (Å²) in [6.45, 7) is 3.35. The molecule has 2 aromatic carbocycles. The van der Waals surface area contributed by atoms with E-state index in [1.54, 1.807) is 18.0 Å². The van der Waals surface area contributed by atoms with Gasteiger partial charge in [-0.25, -0.2) is 0 Å². The van der Waals surface area contributed by atoms with Crippen LogP contribution in [0.25, 0.3) is 0 Å². The minimum Gasteiger partial charge on any atom is -0.366 e. The van der Waals surface area contributed by atoms with E-state index in [2.05, 4.69) is 20.3 Å². The zero-order valence-electron chi connectivity index (χ0n) is 23.5. The maximum Gasteiger partial charge on any atom is 0.233 e. The second kappa shape index (κ2) is 14.7. The third-order valence-electron chi connectivity index (χ3n) is 7.73. The number of benzene rings is 2. The highest BCUT2D eigenvalue weighted by atomic mass is 35.5. The molecule has 0 atom stereocenters. The minimum atomic E-state index is -0.485. The highest BCUT2D eigenvalue weighted by Gasteiger charge is 2.44. The molecular formula is C31H40ClN5O2S. The third kappa shape index (κ3) is 7.68. The van der Waals surface area contributed by atoms with Gasteiger partial charge in [-0.05, 0) is 56.8 Å². The molecule has 0 radical (unpaired) electrons. The first-order chi connectivity index (χ1) is 19.4. The Kier molecular flexibility index (Phi) is 11.1. The molecule has 1 heterocycles. The van der Waals surface area contributed by atoms with E-state index >= 15 is 0 Å². The van der Waals surface area contributed by atoms with Crippen LogP contribution < -0.4 is 5.43 Å². The number of hydrogen-bond acceptors (Lipinski definition) is 7.